The van der Waals surface area contributed by atoms with Gasteiger partial charge in [-0.1, -0.05) is 26.3 Å². The summed E-state index contributed by atoms with van der Waals surface area (Å²) in [6.07, 6.45) is 4.26. The summed E-state index contributed by atoms with van der Waals surface area (Å²) in [7, 11) is 0. The average Bonchev–Trinajstić information content (AvgIpc) is 2.11. The third kappa shape index (κ3) is 4.32. The Kier molecular flexibility index (Phi) is 5.69. The smallest absolute Gasteiger partial charge is 0.0256 e. The normalized spacial score (nSPS) is 16.4. The SMILES string of the molecule is CCC(C)=CN=C(C)C(C)CC. The van der Waals surface area contributed by atoms with Gasteiger partial charge in [-0.3, -0.25) is 4.99 Å². The van der Waals surface area contributed by atoms with E-state index in [0.29, 0.717) is 5.92 Å². The van der Waals surface area contributed by atoms with E-state index in [1.807, 2.05) is 6.20 Å². The van der Waals surface area contributed by atoms with Crippen molar-refractivity contribution in [2.24, 2.45) is 10.9 Å². The second kappa shape index (κ2) is 5.99. The molecule has 0 heterocycles. The van der Waals surface area contributed by atoms with Gasteiger partial charge < -0.3 is 0 Å². The van der Waals surface area contributed by atoms with E-state index in [0.717, 1.165) is 6.42 Å². The summed E-state index contributed by atoms with van der Waals surface area (Å²) in [6, 6.07) is 0. The molecule has 1 heteroatoms. The van der Waals surface area contributed by atoms with Gasteiger partial charge in [-0.2, -0.15) is 0 Å². The monoisotopic (exact) mass is 167 g/mol. The van der Waals surface area contributed by atoms with Gasteiger partial charge in [-0.15, -0.1) is 0 Å². The molecule has 1 unspecified atom stereocenters. The van der Waals surface area contributed by atoms with Gasteiger partial charge in [0, 0.05) is 11.9 Å². The Morgan fingerprint density at radius 2 is 1.92 bits per heavy atom. The molecule has 0 bridgehead atoms. The van der Waals surface area contributed by atoms with Gasteiger partial charge >= 0.3 is 0 Å². The second-order valence-electron chi connectivity index (χ2n) is 3.41. The summed E-state index contributed by atoms with van der Waals surface area (Å²) < 4.78 is 0. The van der Waals surface area contributed by atoms with E-state index in [9.17, 15) is 0 Å². The number of nitrogens with zero attached hydrogens (tertiary/aromatic N) is 1. The minimum atomic E-state index is 0.617. The zero-order chi connectivity index (χ0) is 9.56. The van der Waals surface area contributed by atoms with Gasteiger partial charge in [-0.25, -0.2) is 0 Å². The first-order chi connectivity index (χ1) is 5.61. The molecule has 0 aromatic carbocycles. The molecule has 70 valence electrons. The summed E-state index contributed by atoms with van der Waals surface area (Å²) in [6.45, 7) is 10.8. The van der Waals surface area contributed by atoms with Crippen molar-refractivity contribution < 1.29 is 0 Å². The van der Waals surface area contributed by atoms with Crippen molar-refractivity contribution in [3.05, 3.63) is 11.8 Å². The van der Waals surface area contributed by atoms with Gasteiger partial charge in [0.2, 0.25) is 0 Å². The van der Waals surface area contributed by atoms with Crippen LogP contribution >= 0.6 is 0 Å². The lowest BCUT2D eigenvalue weighted by atomic mass is 10.0. The van der Waals surface area contributed by atoms with Crippen LogP contribution in [0.15, 0.2) is 16.8 Å². The van der Waals surface area contributed by atoms with Gasteiger partial charge in [0.15, 0.2) is 0 Å². The fraction of sp³-hybridized carbons (Fsp3) is 0.727. The van der Waals surface area contributed by atoms with Gasteiger partial charge in [0.25, 0.3) is 0 Å². The summed E-state index contributed by atoms with van der Waals surface area (Å²) >= 11 is 0. The molecular formula is C11H21N. The maximum atomic E-state index is 4.42. The highest BCUT2D eigenvalue weighted by atomic mass is 14.7. The van der Waals surface area contributed by atoms with Crippen molar-refractivity contribution in [3.8, 4) is 0 Å². The summed E-state index contributed by atoms with van der Waals surface area (Å²) in [4.78, 5) is 4.42. The first kappa shape index (κ1) is 11.4. The van der Waals surface area contributed by atoms with Crippen LogP contribution < -0.4 is 0 Å². The zero-order valence-corrected chi connectivity index (χ0v) is 9.02. The van der Waals surface area contributed by atoms with Crippen molar-refractivity contribution in [2.45, 2.75) is 47.5 Å². The van der Waals surface area contributed by atoms with E-state index in [1.165, 1.54) is 17.7 Å². The van der Waals surface area contributed by atoms with Crippen LogP contribution in [-0.4, -0.2) is 5.71 Å². The van der Waals surface area contributed by atoms with Crippen LogP contribution in [0.2, 0.25) is 0 Å². The average molecular weight is 167 g/mol. The Balaban J connectivity index is 4.17. The topological polar surface area (TPSA) is 12.4 Å². The van der Waals surface area contributed by atoms with E-state index in [1.54, 1.807) is 0 Å². The van der Waals surface area contributed by atoms with Crippen molar-refractivity contribution in [3.63, 3.8) is 0 Å². The van der Waals surface area contributed by atoms with Crippen LogP contribution in [0, 0.1) is 5.92 Å². The number of hydrogen-bond acceptors (Lipinski definition) is 1. The minimum absolute atomic E-state index is 0.617. The summed E-state index contributed by atoms with van der Waals surface area (Å²) in [5.74, 6) is 0.617. The zero-order valence-electron chi connectivity index (χ0n) is 9.02. The van der Waals surface area contributed by atoms with Crippen LogP contribution in [0.5, 0.6) is 0 Å². The van der Waals surface area contributed by atoms with Crippen LogP contribution in [0.1, 0.15) is 47.5 Å². The fourth-order valence-electron chi connectivity index (χ4n) is 0.726. The molecule has 0 aromatic rings. The molecule has 0 saturated carbocycles. The Morgan fingerprint density at radius 1 is 1.33 bits per heavy atom. The van der Waals surface area contributed by atoms with Crippen LogP contribution in [0.25, 0.3) is 0 Å². The molecule has 1 atom stereocenters. The van der Waals surface area contributed by atoms with E-state index in [4.69, 9.17) is 0 Å². The molecule has 0 saturated heterocycles. The molecule has 0 amide bonds. The molecule has 12 heavy (non-hydrogen) atoms. The maximum Gasteiger partial charge on any atom is 0.0256 e. The molecular weight excluding hydrogens is 146 g/mol. The minimum Gasteiger partial charge on any atom is -0.266 e. The van der Waals surface area contributed by atoms with E-state index in [-0.39, 0.29) is 0 Å². The van der Waals surface area contributed by atoms with E-state index in [2.05, 4.69) is 39.6 Å². The highest BCUT2D eigenvalue weighted by Crippen LogP contribution is 2.05. The highest BCUT2D eigenvalue weighted by molar-refractivity contribution is 5.84. The molecule has 0 aliphatic carbocycles. The maximum absolute atomic E-state index is 4.42. The Morgan fingerprint density at radius 3 is 2.33 bits per heavy atom. The molecule has 1 nitrogen and oxygen atoms in total. The van der Waals surface area contributed by atoms with Crippen molar-refractivity contribution >= 4 is 5.71 Å². The number of hydrogen-bond donors (Lipinski definition) is 0. The van der Waals surface area contributed by atoms with E-state index >= 15 is 0 Å². The number of aliphatic imine (C=N–C) groups is 1. The van der Waals surface area contributed by atoms with Gasteiger partial charge in [-0.05, 0) is 32.6 Å². The Bertz CT molecular complexity index is 177. The molecule has 0 radical (unpaired) electrons. The van der Waals surface area contributed by atoms with Crippen LogP contribution in [0.4, 0.5) is 0 Å². The summed E-state index contributed by atoms with van der Waals surface area (Å²) in [5.41, 5.74) is 2.59. The molecule has 0 fully saturated rings. The molecule has 0 aromatic heterocycles. The predicted molar refractivity (Wildman–Crippen MR) is 56.6 cm³/mol. The van der Waals surface area contributed by atoms with Crippen molar-refractivity contribution in [1.29, 1.82) is 0 Å². The lowest BCUT2D eigenvalue weighted by molar-refractivity contribution is 0.735. The van der Waals surface area contributed by atoms with Gasteiger partial charge in [0.1, 0.15) is 0 Å². The fourth-order valence-corrected chi connectivity index (χ4v) is 0.726. The number of allylic oxidation sites excluding steroid dienone is 1. The quantitative estimate of drug-likeness (QED) is 0.565. The summed E-state index contributed by atoms with van der Waals surface area (Å²) in [5, 5.41) is 0. The largest absolute Gasteiger partial charge is 0.266 e. The van der Waals surface area contributed by atoms with Crippen LogP contribution in [-0.2, 0) is 0 Å². The third-order valence-electron chi connectivity index (χ3n) is 2.37. The molecule has 0 rings (SSSR count). The first-order valence-corrected chi connectivity index (χ1v) is 4.81. The molecule has 0 spiro atoms. The first-order valence-electron chi connectivity index (χ1n) is 4.81. The number of rotatable bonds is 4. The van der Waals surface area contributed by atoms with Crippen molar-refractivity contribution in [1.82, 2.24) is 0 Å². The predicted octanol–water partition coefficient (Wildman–Crippen LogP) is 3.81. The highest BCUT2D eigenvalue weighted by Gasteiger charge is 2.00. The lowest BCUT2D eigenvalue weighted by Gasteiger charge is -2.05. The Labute approximate surface area is 76.6 Å². The third-order valence-corrected chi connectivity index (χ3v) is 2.37. The van der Waals surface area contributed by atoms with Crippen molar-refractivity contribution in [2.75, 3.05) is 0 Å². The second-order valence-corrected chi connectivity index (χ2v) is 3.41. The standard InChI is InChI=1S/C11H21N/c1-6-9(3)8-12-11(5)10(4)7-2/h8,10H,6-7H2,1-5H3. The molecule has 0 N–H and O–H groups in total. The lowest BCUT2D eigenvalue weighted by Crippen LogP contribution is -2.04. The molecule has 0 aliphatic rings. The van der Waals surface area contributed by atoms with Crippen LogP contribution in [0.3, 0.4) is 0 Å². The van der Waals surface area contributed by atoms with E-state index < -0.39 is 0 Å². The Hall–Kier alpha value is -0.590. The molecule has 0 aliphatic heterocycles. The van der Waals surface area contributed by atoms with Gasteiger partial charge in [0.05, 0.1) is 0 Å².